The van der Waals surface area contributed by atoms with Gasteiger partial charge in [-0.1, -0.05) is 30.3 Å². The molecule has 2 aromatic carbocycles. The first kappa shape index (κ1) is 17.0. The molecule has 130 valence electrons. The Bertz CT molecular complexity index is 728. The largest absolute Gasteiger partial charge is 0.494 e. The van der Waals surface area contributed by atoms with Crippen LogP contribution in [0.1, 0.15) is 18.9 Å². The van der Waals surface area contributed by atoms with Crippen molar-refractivity contribution in [2.45, 2.75) is 19.9 Å². The van der Waals surface area contributed by atoms with Crippen LogP contribution in [0, 0.1) is 5.92 Å². The molecule has 3 rings (SSSR count). The van der Waals surface area contributed by atoms with E-state index in [0.717, 1.165) is 17.0 Å². The molecule has 1 aliphatic heterocycles. The van der Waals surface area contributed by atoms with E-state index in [9.17, 15) is 9.59 Å². The van der Waals surface area contributed by atoms with Crippen LogP contribution >= 0.6 is 0 Å². The molecular formula is C20H22N2O3. The molecule has 0 aliphatic carbocycles. The molecule has 2 aromatic rings. The zero-order chi connectivity index (χ0) is 17.6. The highest BCUT2D eigenvalue weighted by Gasteiger charge is 2.34. The summed E-state index contributed by atoms with van der Waals surface area (Å²) >= 11 is 0. The molecule has 1 unspecified atom stereocenters. The number of carbonyl (C=O) groups is 2. The van der Waals surface area contributed by atoms with Crippen LogP contribution in [-0.2, 0) is 16.1 Å². The number of ether oxygens (including phenoxy) is 1. The van der Waals surface area contributed by atoms with Crippen molar-refractivity contribution in [3.05, 3.63) is 60.2 Å². The van der Waals surface area contributed by atoms with Crippen LogP contribution in [0.2, 0.25) is 0 Å². The van der Waals surface area contributed by atoms with Crippen LogP contribution in [0.25, 0.3) is 0 Å². The highest BCUT2D eigenvalue weighted by atomic mass is 16.5. The molecule has 0 bridgehead atoms. The van der Waals surface area contributed by atoms with Gasteiger partial charge in [0.15, 0.2) is 0 Å². The van der Waals surface area contributed by atoms with E-state index in [1.165, 1.54) is 0 Å². The molecule has 1 N–H and O–H groups in total. The van der Waals surface area contributed by atoms with E-state index in [1.54, 1.807) is 4.90 Å². The van der Waals surface area contributed by atoms with E-state index in [1.807, 2.05) is 61.5 Å². The van der Waals surface area contributed by atoms with Crippen molar-refractivity contribution in [1.82, 2.24) is 5.32 Å². The minimum absolute atomic E-state index is 0.00702. The maximum atomic E-state index is 12.4. The number of hydrogen-bond acceptors (Lipinski definition) is 3. The Morgan fingerprint density at radius 2 is 1.88 bits per heavy atom. The van der Waals surface area contributed by atoms with Crippen LogP contribution in [0.3, 0.4) is 0 Å². The summed E-state index contributed by atoms with van der Waals surface area (Å²) in [5, 5.41) is 2.93. The van der Waals surface area contributed by atoms with Crippen LogP contribution < -0.4 is 15.0 Å². The first-order valence-electron chi connectivity index (χ1n) is 8.52. The first-order valence-corrected chi connectivity index (χ1v) is 8.52. The lowest BCUT2D eigenvalue weighted by Crippen LogP contribution is -2.32. The van der Waals surface area contributed by atoms with E-state index in [4.69, 9.17) is 4.74 Å². The number of amides is 2. The van der Waals surface area contributed by atoms with Crippen molar-refractivity contribution < 1.29 is 14.3 Å². The molecule has 1 heterocycles. The third-order valence-corrected chi connectivity index (χ3v) is 4.26. The predicted octanol–water partition coefficient (Wildman–Crippen LogP) is 2.75. The lowest BCUT2D eigenvalue weighted by Gasteiger charge is -2.16. The summed E-state index contributed by atoms with van der Waals surface area (Å²) < 4.78 is 5.40. The highest BCUT2D eigenvalue weighted by molar-refractivity contribution is 6.00. The molecule has 1 aliphatic rings. The summed E-state index contributed by atoms with van der Waals surface area (Å²) in [7, 11) is 0. The summed E-state index contributed by atoms with van der Waals surface area (Å²) in [6, 6.07) is 17.1. The zero-order valence-electron chi connectivity index (χ0n) is 14.3. The molecule has 1 saturated heterocycles. The van der Waals surface area contributed by atoms with Gasteiger partial charge in [0.05, 0.1) is 12.5 Å². The average Bonchev–Trinajstić information content (AvgIpc) is 3.04. The Morgan fingerprint density at radius 3 is 2.56 bits per heavy atom. The fraction of sp³-hybridized carbons (Fsp3) is 0.300. The van der Waals surface area contributed by atoms with Gasteiger partial charge >= 0.3 is 0 Å². The van der Waals surface area contributed by atoms with Crippen LogP contribution in [0.4, 0.5) is 5.69 Å². The molecule has 25 heavy (non-hydrogen) atoms. The second-order valence-corrected chi connectivity index (χ2v) is 6.04. The van der Waals surface area contributed by atoms with Gasteiger partial charge in [-0.05, 0) is 36.8 Å². The molecule has 2 amide bonds. The molecule has 5 heteroatoms. The molecule has 0 aromatic heterocycles. The molecule has 1 atom stereocenters. The number of rotatable bonds is 6. The normalized spacial score (nSPS) is 16.8. The van der Waals surface area contributed by atoms with Crippen molar-refractivity contribution in [3.63, 3.8) is 0 Å². The van der Waals surface area contributed by atoms with Gasteiger partial charge in [0, 0.05) is 25.2 Å². The van der Waals surface area contributed by atoms with Crippen molar-refractivity contribution in [3.8, 4) is 5.75 Å². The van der Waals surface area contributed by atoms with Crippen LogP contribution in [-0.4, -0.2) is 25.0 Å². The van der Waals surface area contributed by atoms with Gasteiger partial charge in [0.1, 0.15) is 5.75 Å². The fourth-order valence-corrected chi connectivity index (χ4v) is 2.94. The molecule has 0 saturated carbocycles. The number of para-hydroxylation sites is 1. The first-order chi connectivity index (χ1) is 12.2. The summed E-state index contributed by atoms with van der Waals surface area (Å²) in [5.41, 5.74) is 1.84. The van der Waals surface area contributed by atoms with E-state index < -0.39 is 0 Å². The monoisotopic (exact) mass is 338 g/mol. The summed E-state index contributed by atoms with van der Waals surface area (Å²) in [5.74, 6) is 0.418. The summed E-state index contributed by atoms with van der Waals surface area (Å²) in [4.78, 5) is 26.3. The highest BCUT2D eigenvalue weighted by Crippen LogP contribution is 2.25. The number of hydrogen-bond donors (Lipinski definition) is 1. The van der Waals surface area contributed by atoms with Gasteiger partial charge in [-0.3, -0.25) is 9.59 Å². The molecule has 5 nitrogen and oxygen atoms in total. The van der Waals surface area contributed by atoms with Gasteiger partial charge in [-0.15, -0.1) is 0 Å². The van der Waals surface area contributed by atoms with Gasteiger partial charge < -0.3 is 15.0 Å². The van der Waals surface area contributed by atoms with Gasteiger partial charge in [0.2, 0.25) is 11.8 Å². The smallest absolute Gasteiger partial charge is 0.227 e. The second-order valence-electron chi connectivity index (χ2n) is 6.04. The maximum absolute atomic E-state index is 12.4. The van der Waals surface area contributed by atoms with Crippen molar-refractivity contribution in [1.29, 1.82) is 0 Å². The van der Waals surface area contributed by atoms with Crippen molar-refractivity contribution in [2.75, 3.05) is 18.1 Å². The Labute approximate surface area is 147 Å². The fourth-order valence-electron chi connectivity index (χ4n) is 2.94. The SMILES string of the molecule is CCOc1ccc(CNC(=O)C2CC(=O)N(c3ccccc3)C2)cc1. The molecular weight excluding hydrogens is 316 g/mol. The predicted molar refractivity (Wildman–Crippen MR) is 96.4 cm³/mol. The Balaban J connectivity index is 1.54. The number of nitrogens with zero attached hydrogens (tertiary/aromatic N) is 1. The van der Waals surface area contributed by atoms with Crippen molar-refractivity contribution >= 4 is 17.5 Å². The van der Waals surface area contributed by atoms with E-state index >= 15 is 0 Å². The third kappa shape index (κ3) is 4.18. The van der Waals surface area contributed by atoms with E-state index in [0.29, 0.717) is 19.7 Å². The lowest BCUT2D eigenvalue weighted by molar-refractivity contribution is -0.126. The number of carbonyl (C=O) groups excluding carboxylic acids is 2. The summed E-state index contributed by atoms with van der Waals surface area (Å²) in [6.45, 7) is 3.44. The molecule has 0 spiro atoms. The second kappa shape index (κ2) is 7.83. The Morgan fingerprint density at radius 1 is 1.16 bits per heavy atom. The number of benzene rings is 2. The lowest BCUT2D eigenvalue weighted by atomic mass is 10.1. The van der Waals surface area contributed by atoms with Gasteiger partial charge in [0.25, 0.3) is 0 Å². The molecule has 1 fully saturated rings. The van der Waals surface area contributed by atoms with Crippen molar-refractivity contribution in [2.24, 2.45) is 5.92 Å². The topological polar surface area (TPSA) is 58.6 Å². The minimum atomic E-state index is -0.310. The standard InChI is InChI=1S/C20H22N2O3/c1-2-25-18-10-8-15(9-11-18)13-21-20(24)16-12-19(23)22(14-16)17-6-4-3-5-7-17/h3-11,16H,2,12-14H2,1H3,(H,21,24). The van der Waals surface area contributed by atoms with Gasteiger partial charge in [-0.2, -0.15) is 0 Å². The van der Waals surface area contributed by atoms with Gasteiger partial charge in [-0.25, -0.2) is 0 Å². The van der Waals surface area contributed by atoms with E-state index in [-0.39, 0.29) is 24.2 Å². The molecule has 0 radical (unpaired) electrons. The number of nitrogens with one attached hydrogen (secondary N) is 1. The van der Waals surface area contributed by atoms with Crippen LogP contribution in [0.15, 0.2) is 54.6 Å². The zero-order valence-corrected chi connectivity index (χ0v) is 14.3. The quantitative estimate of drug-likeness (QED) is 0.881. The number of anilines is 1. The summed E-state index contributed by atoms with van der Waals surface area (Å²) in [6.07, 6.45) is 0.254. The third-order valence-electron chi connectivity index (χ3n) is 4.26. The minimum Gasteiger partial charge on any atom is -0.494 e. The van der Waals surface area contributed by atoms with E-state index in [2.05, 4.69) is 5.32 Å². The van der Waals surface area contributed by atoms with Crippen LogP contribution in [0.5, 0.6) is 5.75 Å². The average molecular weight is 338 g/mol. The Hall–Kier alpha value is -2.82. The maximum Gasteiger partial charge on any atom is 0.227 e. The Kier molecular flexibility index (Phi) is 5.33.